The van der Waals surface area contributed by atoms with Crippen LogP contribution in [0.3, 0.4) is 0 Å². The van der Waals surface area contributed by atoms with E-state index in [4.69, 9.17) is 5.73 Å². The SMILES string of the molecule is CCCCCN(C)S(=O)(=O)c1c(N)cccc1F. The summed E-state index contributed by atoms with van der Waals surface area (Å²) >= 11 is 0. The molecule has 0 saturated heterocycles. The fourth-order valence-corrected chi connectivity index (χ4v) is 3.02. The van der Waals surface area contributed by atoms with Crippen molar-refractivity contribution < 1.29 is 12.8 Å². The Bertz CT molecular complexity index is 483. The second kappa shape index (κ2) is 6.15. The van der Waals surface area contributed by atoms with Crippen LogP contribution in [0.15, 0.2) is 23.1 Å². The van der Waals surface area contributed by atoms with Gasteiger partial charge in [0.05, 0.1) is 5.69 Å². The lowest BCUT2D eigenvalue weighted by Crippen LogP contribution is -2.29. The summed E-state index contributed by atoms with van der Waals surface area (Å²) in [6.07, 6.45) is 2.68. The van der Waals surface area contributed by atoms with Crippen LogP contribution in [0.25, 0.3) is 0 Å². The molecule has 0 spiro atoms. The largest absolute Gasteiger partial charge is 0.398 e. The Morgan fingerprint density at radius 2 is 2.00 bits per heavy atom. The van der Waals surface area contributed by atoms with Crippen LogP contribution in [-0.2, 0) is 10.0 Å². The van der Waals surface area contributed by atoms with Gasteiger partial charge in [-0.1, -0.05) is 25.8 Å². The highest BCUT2D eigenvalue weighted by atomic mass is 32.2. The van der Waals surface area contributed by atoms with Gasteiger partial charge < -0.3 is 5.73 Å². The number of unbranched alkanes of at least 4 members (excludes halogenated alkanes) is 2. The molecular formula is C12H19FN2O2S. The fourth-order valence-electron chi connectivity index (χ4n) is 1.66. The van der Waals surface area contributed by atoms with Gasteiger partial charge >= 0.3 is 0 Å². The molecule has 0 unspecified atom stereocenters. The van der Waals surface area contributed by atoms with Crippen LogP contribution in [-0.4, -0.2) is 26.3 Å². The molecule has 0 aliphatic carbocycles. The summed E-state index contributed by atoms with van der Waals surface area (Å²) in [6.45, 7) is 2.40. The average Bonchev–Trinajstić information content (AvgIpc) is 2.28. The molecule has 0 heterocycles. The second-order valence-electron chi connectivity index (χ2n) is 4.19. The van der Waals surface area contributed by atoms with Crippen molar-refractivity contribution in [2.24, 2.45) is 0 Å². The van der Waals surface area contributed by atoms with Crippen molar-refractivity contribution >= 4 is 15.7 Å². The van der Waals surface area contributed by atoms with E-state index in [1.807, 2.05) is 6.92 Å². The fraction of sp³-hybridized carbons (Fsp3) is 0.500. The molecule has 0 atom stereocenters. The van der Waals surface area contributed by atoms with Crippen molar-refractivity contribution in [2.45, 2.75) is 31.1 Å². The van der Waals surface area contributed by atoms with E-state index in [0.717, 1.165) is 29.6 Å². The molecule has 102 valence electrons. The number of nitrogens with zero attached hydrogens (tertiary/aromatic N) is 1. The van der Waals surface area contributed by atoms with Crippen LogP contribution >= 0.6 is 0 Å². The van der Waals surface area contributed by atoms with E-state index in [0.29, 0.717) is 6.54 Å². The molecule has 0 aliphatic rings. The molecule has 4 nitrogen and oxygen atoms in total. The third-order valence-electron chi connectivity index (χ3n) is 2.74. The Balaban J connectivity index is 2.99. The van der Waals surface area contributed by atoms with E-state index in [1.54, 1.807) is 0 Å². The van der Waals surface area contributed by atoms with E-state index in [-0.39, 0.29) is 5.69 Å². The number of hydrogen-bond donors (Lipinski definition) is 1. The summed E-state index contributed by atoms with van der Waals surface area (Å²) in [4.78, 5) is -0.427. The van der Waals surface area contributed by atoms with Gasteiger partial charge in [-0.3, -0.25) is 0 Å². The first-order valence-corrected chi connectivity index (χ1v) is 7.35. The maximum Gasteiger partial charge on any atom is 0.247 e. The van der Waals surface area contributed by atoms with Crippen LogP contribution in [0.1, 0.15) is 26.2 Å². The third kappa shape index (κ3) is 3.20. The Kier molecular flexibility index (Phi) is 5.10. The molecule has 0 aliphatic heterocycles. The maximum atomic E-state index is 13.6. The molecule has 1 aromatic carbocycles. The average molecular weight is 274 g/mol. The summed E-state index contributed by atoms with van der Waals surface area (Å²) in [5.74, 6) is -0.808. The summed E-state index contributed by atoms with van der Waals surface area (Å²) in [5, 5.41) is 0. The number of rotatable bonds is 6. The molecule has 6 heteroatoms. The van der Waals surface area contributed by atoms with Gasteiger partial charge in [0.1, 0.15) is 10.7 Å². The minimum absolute atomic E-state index is 0.0580. The minimum atomic E-state index is -3.85. The van der Waals surface area contributed by atoms with Crippen molar-refractivity contribution in [1.82, 2.24) is 4.31 Å². The molecule has 2 N–H and O–H groups in total. The van der Waals surface area contributed by atoms with Crippen molar-refractivity contribution in [2.75, 3.05) is 19.3 Å². The van der Waals surface area contributed by atoms with Gasteiger partial charge in [0, 0.05) is 13.6 Å². The zero-order valence-electron chi connectivity index (χ0n) is 10.7. The van der Waals surface area contributed by atoms with Crippen molar-refractivity contribution in [1.29, 1.82) is 0 Å². The minimum Gasteiger partial charge on any atom is -0.398 e. The Morgan fingerprint density at radius 1 is 1.33 bits per heavy atom. The molecule has 0 aromatic heterocycles. The van der Waals surface area contributed by atoms with Crippen LogP contribution in [0, 0.1) is 5.82 Å². The Hall–Kier alpha value is -1.14. The van der Waals surface area contributed by atoms with Crippen molar-refractivity contribution in [3.63, 3.8) is 0 Å². The molecule has 1 aromatic rings. The third-order valence-corrected chi connectivity index (χ3v) is 4.69. The normalized spacial score (nSPS) is 12.0. The number of nitrogen functional groups attached to an aromatic ring is 1. The first-order chi connectivity index (χ1) is 8.41. The standard InChI is InChI=1S/C12H19FN2O2S/c1-3-4-5-9-15(2)18(16,17)12-10(13)7-6-8-11(12)14/h6-8H,3-5,9,14H2,1-2H3. The lowest BCUT2D eigenvalue weighted by Gasteiger charge is -2.18. The van der Waals surface area contributed by atoms with E-state index in [2.05, 4.69) is 0 Å². The smallest absolute Gasteiger partial charge is 0.247 e. The van der Waals surface area contributed by atoms with E-state index >= 15 is 0 Å². The zero-order chi connectivity index (χ0) is 13.8. The van der Waals surface area contributed by atoms with Gasteiger partial charge in [0.2, 0.25) is 10.0 Å². The first kappa shape index (κ1) is 14.9. The molecule has 0 saturated carbocycles. The highest BCUT2D eigenvalue weighted by Gasteiger charge is 2.26. The van der Waals surface area contributed by atoms with Crippen molar-refractivity contribution in [3.8, 4) is 0 Å². The summed E-state index contributed by atoms with van der Waals surface area (Å²) in [6, 6.07) is 3.87. The summed E-state index contributed by atoms with van der Waals surface area (Å²) < 4.78 is 39.1. The van der Waals surface area contributed by atoms with Gasteiger partial charge in [0.15, 0.2) is 0 Å². The molecule has 0 bridgehead atoms. The Labute approximate surface area is 108 Å². The van der Waals surface area contributed by atoms with Gasteiger partial charge in [-0.2, -0.15) is 0 Å². The zero-order valence-corrected chi connectivity index (χ0v) is 11.5. The molecular weight excluding hydrogens is 255 g/mol. The number of benzene rings is 1. The lowest BCUT2D eigenvalue weighted by atomic mass is 10.2. The predicted octanol–water partition coefficient (Wildman–Crippen LogP) is 2.22. The van der Waals surface area contributed by atoms with Crippen LogP contribution in [0.5, 0.6) is 0 Å². The van der Waals surface area contributed by atoms with Gasteiger partial charge in [-0.05, 0) is 18.6 Å². The number of sulfonamides is 1. The van der Waals surface area contributed by atoms with Gasteiger partial charge in [-0.15, -0.1) is 0 Å². The monoisotopic (exact) mass is 274 g/mol. The van der Waals surface area contributed by atoms with Crippen LogP contribution < -0.4 is 5.73 Å². The maximum absolute atomic E-state index is 13.6. The van der Waals surface area contributed by atoms with E-state index in [1.165, 1.54) is 19.2 Å². The molecule has 1 rings (SSSR count). The molecule has 0 radical (unpaired) electrons. The number of halogens is 1. The summed E-state index contributed by atoms with van der Waals surface area (Å²) in [5.41, 5.74) is 5.50. The number of anilines is 1. The van der Waals surface area contributed by atoms with Gasteiger partial charge in [0.25, 0.3) is 0 Å². The number of hydrogen-bond acceptors (Lipinski definition) is 3. The lowest BCUT2D eigenvalue weighted by molar-refractivity contribution is 0.449. The molecule has 0 amide bonds. The van der Waals surface area contributed by atoms with E-state index in [9.17, 15) is 12.8 Å². The first-order valence-electron chi connectivity index (χ1n) is 5.91. The van der Waals surface area contributed by atoms with Gasteiger partial charge in [-0.25, -0.2) is 17.1 Å². The number of nitrogens with two attached hydrogens (primary N) is 1. The van der Waals surface area contributed by atoms with Crippen LogP contribution in [0.2, 0.25) is 0 Å². The van der Waals surface area contributed by atoms with Crippen LogP contribution in [0.4, 0.5) is 10.1 Å². The van der Waals surface area contributed by atoms with Crippen molar-refractivity contribution in [3.05, 3.63) is 24.0 Å². The molecule has 0 fully saturated rings. The van der Waals surface area contributed by atoms with E-state index < -0.39 is 20.7 Å². The summed E-state index contributed by atoms with van der Waals surface area (Å²) in [7, 11) is -2.41. The second-order valence-corrected chi connectivity index (χ2v) is 6.17. The quantitative estimate of drug-likeness (QED) is 0.639. The highest BCUT2D eigenvalue weighted by Crippen LogP contribution is 2.24. The molecule has 18 heavy (non-hydrogen) atoms. The Morgan fingerprint density at radius 3 is 2.56 bits per heavy atom. The highest BCUT2D eigenvalue weighted by molar-refractivity contribution is 7.89. The topological polar surface area (TPSA) is 63.4 Å². The predicted molar refractivity (Wildman–Crippen MR) is 70.2 cm³/mol.